The van der Waals surface area contributed by atoms with E-state index in [-0.39, 0.29) is 25.0 Å². The lowest BCUT2D eigenvalue weighted by Crippen LogP contribution is -2.31. The van der Waals surface area contributed by atoms with Gasteiger partial charge in [0.1, 0.15) is 0 Å². The van der Waals surface area contributed by atoms with Crippen molar-refractivity contribution in [1.82, 2.24) is 5.06 Å². The summed E-state index contributed by atoms with van der Waals surface area (Å²) in [5.41, 5.74) is -1.51. The summed E-state index contributed by atoms with van der Waals surface area (Å²) in [7, 11) is -3.81. The quantitative estimate of drug-likeness (QED) is 0.105. The largest absolute Gasteiger partial charge is 0.438 e. The second-order valence-corrected chi connectivity index (χ2v) is 11.9. The number of hydrogen-bond donors (Lipinski definition) is 0. The Morgan fingerprint density at radius 1 is 0.818 bits per heavy atom. The highest BCUT2D eigenvalue weighted by molar-refractivity contribution is 7.53. The lowest BCUT2D eigenvalue weighted by molar-refractivity contribution is -0.184. The molecule has 0 rings (SSSR count). The number of esters is 2. The molecule has 194 valence electrons. The van der Waals surface area contributed by atoms with Gasteiger partial charge in [0.2, 0.25) is 19.5 Å². The number of unbranched alkanes of at least 4 members (excludes halogenated alkanes) is 2. The minimum atomic E-state index is -3.81. The van der Waals surface area contributed by atoms with Gasteiger partial charge in [-0.1, -0.05) is 19.8 Å². The van der Waals surface area contributed by atoms with Crippen LogP contribution in [0.1, 0.15) is 81.1 Å². The molecule has 0 fully saturated rings. The number of carbonyl (C=O) groups excluding carboxylic acids is 3. The summed E-state index contributed by atoms with van der Waals surface area (Å²) >= 11 is 0. The van der Waals surface area contributed by atoms with Crippen molar-refractivity contribution in [2.24, 2.45) is 10.8 Å². The number of rotatable bonds is 15. The molecular weight excluding hydrogens is 453 g/mol. The van der Waals surface area contributed by atoms with Crippen molar-refractivity contribution < 1.29 is 42.3 Å². The molecule has 0 unspecified atom stereocenters. The van der Waals surface area contributed by atoms with Gasteiger partial charge >= 0.3 is 19.5 Å². The van der Waals surface area contributed by atoms with Gasteiger partial charge in [0.25, 0.3) is 0 Å². The van der Waals surface area contributed by atoms with Crippen LogP contribution in [0.15, 0.2) is 0 Å². The van der Waals surface area contributed by atoms with Crippen molar-refractivity contribution >= 4 is 25.4 Å². The topological polar surface area (TPSA) is 118 Å². The summed E-state index contributed by atoms with van der Waals surface area (Å²) in [5.74, 6) is -1.34. The Balaban J connectivity index is 4.94. The number of amides is 1. The van der Waals surface area contributed by atoms with Gasteiger partial charge in [-0.15, -0.1) is 0 Å². The highest BCUT2D eigenvalue weighted by Gasteiger charge is 2.30. The van der Waals surface area contributed by atoms with Crippen molar-refractivity contribution in [2.75, 3.05) is 32.9 Å². The van der Waals surface area contributed by atoms with E-state index >= 15 is 0 Å². The van der Waals surface area contributed by atoms with Crippen molar-refractivity contribution in [2.45, 2.75) is 81.1 Å². The number of hydroxylamine groups is 2. The molecule has 0 radical (unpaired) electrons. The monoisotopic (exact) mass is 495 g/mol. The van der Waals surface area contributed by atoms with Crippen molar-refractivity contribution in [3.05, 3.63) is 0 Å². The fraction of sp³-hybridized carbons (Fsp3) is 0.864. The van der Waals surface area contributed by atoms with Crippen molar-refractivity contribution in [1.29, 1.82) is 0 Å². The molecular formula is C22H42NO9P. The van der Waals surface area contributed by atoms with Gasteiger partial charge in [0.05, 0.1) is 23.6 Å². The van der Waals surface area contributed by atoms with Gasteiger partial charge in [-0.25, -0.2) is 5.06 Å². The van der Waals surface area contributed by atoms with Crippen molar-refractivity contribution in [3.63, 3.8) is 0 Å². The number of carbonyl (C=O) groups is 3. The molecule has 0 saturated heterocycles. The van der Waals surface area contributed by atoms with Crippen LogP contribution in [-0.2, 0) is 42.3 Å². The standard InChI is InChI=1S/C22H42NO9P/c1-9-10-11-14-30-23(18(2)24)13-12-15-33(27,31-16-28-19(25)21(3,4)5)32-17-29-20(26)22(6,7)8/h9-17H2,1-8H3. The van der Waals surface area contributed by atoms with Crippen LogP contribution in [0.2, 0.25) is 0 Å². The zero-order valence-electron chi connectivity index (χ0n) is 21.4. The van der Waals surface area contributed by atoms with Crippen molar-refractivity contribution in [3.8, 4) is 0 Å². The maximum absolute atomic E-state index is 13.2. The van der Waals surface area contributed by atoms with Crippen LogP contribution in [0, 0.1) is 10.8 Å². The zero-order valence-corrected chi connectivity index (χ0v) is 22.3. The number of hydrogen-bond acceptors (Lipinski definition) is 9. The van der Waals surface area contributed by atoms with Gasteiger partial charge in [-0.3, -0.25) is 32.8 Å². The Hall–Kier alpha value is -1.48. The van der Waals surface area contributed by atoms with E-state index in [0.717, 1.165) is 19.3 Å². The van der Waals surface area contributed by atoms with Gasteiger partial charge in [-0.2, -0.15) is 0 Å². The van der Waals surface area contributed by atoms with E-state index in [4.69, 9.17) is 23.4 Å². The molecule has 0 aromatic rings. The Morgan fingerprint density at radius 2 is 1.30 bits per heavy atom. The maximum Gasteiger partial charge on any atom is 0.336 e. The predicted molar refractivity (Wildman–Crippen MR) is 123 cm³/mol. The molecule has 10 nitrogen and oxygen atoms in total. The fourth-order valence-electron chi connectivity index (χ4n) is 2.17. The molecule has 11 heteroatoms. The summed E-state index contributed by atoms with van der Waals surface area (Å²) in [6, 6.07) is 0. The van der Waals surface area contributed by atoms with Gasteiger partial charge < -0.3 is 9.47 Å². The zero-order chi connectivity index (χ0) is 25.7. The van der Waals surface area contributed by atoms with Crippen LogP contribution in [0.5, 0.6) is 0 Å². The molecule has 0 saturated carbocycles. The smallest absolute Gasteiger partial charge is 0.336 e. The van der Waals surface area contributed by atoms with Crippen LogP contribution < -0.4 is 0 Å². The molecule has 0 spiro atoms. The summed E-state index contributed by atoms with van der Waals surface area (Å²) < 4.78 is 33.7. The summed E-state index contributed by atoms with van der Waals surface area (Å²) in [6.07, 6.45) is 2.97. The van der Waals surface area contributed by atoms with E-state index in [1.165, 1.54) is 12.0 Å². The van der Waals surface area contributed by atoms with Gasteiger partial charge in [0.15, 0.2) is 0 Å². The van der Waals surface area contributed by atoms with Crippen LogP contribution in [-0.4, -0.2) is 55.8 Å². The van der Waals surface area contributed by atoms with E-state index in [0.29, 0.717) is 6.61 Å². The van der Waals surface area contributed by atoms with Crippen LogP contribution in [0.4, 0.5) is 0 Å². The summed E-state index contributed by atoms with van der Waals surface area (Å²) in [4.78, 5) is 41.1. The number of ether oxygens (including phenoxy) is 2. The van der Waals surface area contributed by atoms with E-state index in [1.54, 1.807) is 41.5 Å². The average Bonchev–Trinajstić information content (AvgIpc) is 2.68. The Morgan fingerprint density at radius 3 is 1.70 bits per heavy atom. The molecule has 0 bridgehead atoms. The normalized spacial score (nSPS) is 12.4. The maximum atomic E-state index is 13.2. The Labute approximate surface area is 198 Å². The molecule has 0 aromatic carbocycles. The first-order chi connectivity index (χ1) is 15.1. The van der Waals surface area contributed by atoms with Crippen LogP contribution in [0.3, 0.4) is 0 Å². The first-order valence-electron chi connectivity index (χ1n) is 11.3. The first-order valence-corrected chi connectivity index (χ1v) is 13.0. The first kappa shape index (κ1) is 31.5. The molecule has 1 amide bonds. The molecule has 0 aliphatic heterocycles. The highest BCUT2D eigenvalue weighted by atomic mass is 31.2. The van der Waals surface area contributed by atoms with Crippen LogP contribution in [0.25, 0.3) is 0 Å². The minimum absolute atomic E-state index is 0.102. The Bertz CT molecular complexity index is 632. The highest BCUT2D eigenvalue weighted by Crippen LogP contribution is 2.48. The SMILES string of the molecule is CCCCCON(CCCP(=O)(OCOC(=O)C(C)(C)C)OCOC(=O)C(C)(C)C)C(C)=O. The predicted octanol–water partition coefficient (Wildman–Crippen LogP) is 4.67. The molecule has 0 N–H and O–H groups in total. The second kappa shape index (κ2) is 14.7. The summed E-state index contributed by atoms with van der Waals surface area (Å²) in [5, 5.41) is 1.21. The van der Waals surface area contributed by atoms with E-state index in [1.807, 2.05) is 0 Å². The van der Waals surface area contributed by atoms with E-state index in [9.17, 15) is 18.9 Å². The molecule has 0 heterocycles. The molecule has 0 aromatic heterocycles. The minimum Gasteiger partial charge on any atom is -0.438 e. The molecule has 0 atom stereocenters. The fourth-order valence-corrected chi connectivity index (χ4v) is 3.46. The van der Waals surface area contributed by atoms with Crippen LogP contribution >= 0.6 is 7.60 Å². The average molecular weight is 496 g/mol. The van der Waals surface area contributed by atoms with Gasteiger partial charge in [0, 0.05) is 13.5 Å². The molecule has 0 aliphatic rings. The third kappa shape index (κ3) is 14.4. The lowest BCUT2D eigenvalue weighted by Gasteiger charge is -2.23. The van der Waals surface area contributed by atoms with E-state index in [2.05, 4.69) is 6.92 Å². The molecule has 0 aliphatic carbocycles. The third-order valence-electron chi connectivity index (χ3n) is 4.24. The summed E-state index contributed by atoms with van der Waals surface area (Å²) in [6.45, 7) is 12.9. The lowest BCUT2D eigenvalue weighted by atomic mass is 9.98. The molecule has 33 heavy (non-hydrogen) atoms. The second-order valence-electron chi connectivity index (χ2n) is 9.71. The Kier molecular flexibility index (Phi) is 14.1. The number of nitrogens with zero attached hydrogens (tertiary/aromatic N) is 1. The third-order valence-corrected chi connectivity index (χ3v) is 6.10. The van der Waals surface area contributed by atoms with E-state index < -0.39 is 44.0 Å². The van der Waals surface area contributed by atoms with Gasteiger partial charge in [-0.05, 0) is 54.4 Å².